The lowest BCUT2D eigenvalue weighted by Crippen LogP contribution is -2.43. The van der Waals surface area contributed by atoms with Crippen LogP contribution in [-0.4, -0.2) is 51.0 Å². The predicted molar refractivity (Wildman–Crippen MR) is 113 cm³/mol. The minimum atomic E-state index is -3.73. The van der Waals surface area contributed by atoms with Gasteiger partial charge < -0.3 is 10.1 Å². The van der Waals surface area contributed by atoms with Crippen LogP contribution in [0.5, 0.6) is 0 Å². The van der Waals surface area contributed by atoms with Gasteiger partial charge in [0.2, 0.25) is 15.9 Å². The summed E-state index contributed by atoms with van der Waals surface area (Å²) in [6, 6.07) is 8.17. The van der Waals surface area contributed by atoms with E-state index in [0.29, 0.717) is 32.1 Å². The highest BCUT2D eigenvalue weighted by molar-refractivity contribution is 7.89. The fourth-order valence-corrected chi connectivity index (χ4v) is 5.80. The van der Waals surface area contributed by atoms with Gasteiger partial charge in [0.1, 0.15) is 6.07 Å². The number of hydrogen-bond acceptors (Lipinski definition) is 5. The van der Waals surface area contributed by atoms with E-state index in [2.05, 4.69) is 5.32 Å². The lowest BCUT2D eigenvalue weighted by molar-refractivity contribution is -0.126. The fraction of sp³-hybridized carbons (Fsp3) is 0.636. The number of carbonyl (C=O) groups excluding carboxylic acids is 1. The summed E-state index contributed by atoms with van der Waals surface area (Å²) in [4.78, 5) is 12.5. The van der Waals surface area contributed by atoms with E-state index in [1.165, 1.54) is 35.7 Å². The average Bonchev–Trinajstić information content (AvgIpc) is 2.79. The van der Waals surface area contributed by atoms with Gasteiger partial charge in [0.15, 0.2) is 0 Å². The van der Waals surface area contributed by atoms with Gasteiger partial charge in [0.25, 0.3) is 0 Å². The second-order valence-corrected chi connectivity index (χ2v) is 9.97. The Kier molecular flexibility index (Phi) is 8.25. The van der Waals surface area contributed by atoms with Gasteiger partial charge in [-0.1, -0.05) is 31.4 Å². The minimum Gasteiger partial charge on any atom is -0.378 e. The number of sulfonamides is 1. The Balaban J connectivity index is 1.40. The number of ether oxygens (including phenoxy) is 1. The molecule has 1 saturated carbocycles. The van der Waals surface area contributed by atoms with Crippen LogP contribution in [-0.2, 0) is 19.6 Å². The van der Waals surface area contributed by atoms with Crippen molar-refractivity contribution in [2.45, 2.75) is 62.4 Å². The summed E-state index contributed by atoms with van der Waals surface area (Å²) in [5, 5.41) is 12.2. The molecule has 0 bridgehead atoms. The molecule has 30 heavy (non-hydrogen) atoms. The predicted octanol–water partition coefficient (Wildman–Crippen LogP) is 2.81. The van der Waals surface area contributed by atoms with Crippen LogP contribution in [0.2, 0.25) is 0 Å². The van der Waals surface area contributed by atoms with E-state index in [1.807, 2.05) is 6.07 Å². The Morgan fingerprint density at radius 2 is 1.83 bits per heavy atom. The number of nitrogens with zero attached hydrogens (tertiary/aromatic N) is 2. The molecule has 1 aliphatic heterocycles. The number of amides is 1. The van der Waals surface area contributed by atoms with Crippen molar-refractivity contribution < 1.29 is 17.9 Å². The van der Waals surface area contributed by atoms with Crippen LogP contribution in [0, 0.1) is 17.2 Å². The number of carbonyl (C=O) groups is 1. The highest BCUT2D eigenvalue weighted by Gasteiger charge is 2.33. The molecule has 3 rings (SSSR count). The SMILES string of the molecule is N#Cc1ccccc1S(=O)(=O)N1CCC(C(=O)NCCCOC2CCCCC2)CC1. The zero-order valence-corrected chi connectivity index (χ0v) is 18.2. The Labute approximate surface area is 179 Å². The number of hydrogen-bond donors (Lipinski definition) is 1. The third-order valence-electron chi connectivity index (χ3n) is 5.98. The third kappa shape index (κ3) is 5.81. The monoisotopic (exact) mass is 433 g/mol. The molecule has 0 atom stereocenters. The second-order valence-electron chi connectivity index (χ2n) is 8.06. The molecule has 0 spiro atoms. The smallest absolute Gasteiger partial charge is 0.244 e. The van der Waals surface area contributed by atoms with Crippen molar-refractivity contribution in [2.75, 3.05) is 26.2 Å². The van der Waals surface area contributed by atoms with E-state index in [-0.39, 0.29) is 35.4 Å². The van der Waals surface area contributed by atoms with Gasteiger partial charge in [-0.2, -0.15) is 9.57 Å². The number of nitrogens with one attached hydrogen (secondary N) is 1. The third-order valence-corrected chi connectivity index (χ3v) is 7.93. The van der Waals surface area contributed by atoms with Gasteiger partial charge in [0.05, 0.1) is 16.6 Å². The van der Waals surface area contributed by atoms with Crippen LogP contribution in [0.25, 0.3) is 0 Å². The first-order valence-corrected chi connectivity index (χ1v) is 12.3. The van der Waals surface area contributed by atoms with Crippen LogP contribution in [0.3, 0.4) is 0 Å². The highest BCUT2D eigenvalue weighted by Crippen LogP contribution is 2.26. The topological polar surface area (TPSA) is 99.5 Å². The van der Waals surface area contributed by atoms with E-state index in [0.717, 1.165) is 19.3 Å². The van der Waals surface area contributed by atoms with Gasteiger partial charge in [-0.3, -0.25) is 4.79 Å². The van der Waals surface area contributed by atoms with Crippen LogP contribution in [0.4, 0.5) is 0 Å². The molecule has 2 fully saturated rings. The summed E-state index contributed by atoms with van der Waals surface area (Å²) in [6.45, 7) is 1.81. The van der Waals surface area contributed by atoms with Gasteiger partial charge in [0, 0.05) is 32.2 Å². The summed E-state index contributed by atoms with van der Waals surface area (Å²) in [6.07, 6.45) is 8.24. The normalized spacial score (nSPS) is 19.3. The first-order valence-electron chi connectivity index (χ1n) is 10.9. The maximum atomic E-state index is 12.9. The molecule has 7 nitrogen and oxygen atoms in total. The van der Waals surface area contributed by atoms with E-state index in [4.69, 9.17) is 4.74 Å². The molecule has 1 aromatic carbocycles. The van der Waals surface area contributed by atoms with Crippen LogP contribution >= 0.6 is 0 Å². The van der Waals surface area contributed by atoms with E-state index in [1.54, 1.807) is 12.1 Å². The van der Waals surface area contributed by atoms with Gasteiger partial charge in [-0.05, 0) is 44.2 Å². The summed E-state index contributed by atoms with van der Waals surface area (Å²) in [5.41, 5.74) is 0.146. The Morgan fingerprint density at radius 3 is 2.53 bits per heavy atom. The first-order chi connectivity index (χ1) is 14.5. The van der Waals surface area contributed by atoms with Crippen molar-refractivity contribution in [2.24, 2.45) is 5.92 Å². The second kappa shape index (κ2) is 10.9. The number of nitriles is 1. The fourth-order valence-electron chi connectivity index (χ4n) is 4.19. The molecule has 1 aliphatic carbocycles. The summed E-state index contributed by atoms with van der Waals surface area (Å²) in [7, 11) is -3.73. The quantitative estimate of drug-likeness (QED) is 0.636. The molecule has 1 saturated heterocycles. The molecular weight excluding hydrogens is 402 g/mol. The molecule has 0 radical (unpaired) electrons. The maximum absolute atomic E-state index is 12.9. The molecule has 1 N–H and O–H groups in total. The Bertz CT molecular complexity index is 851. The van der Waals surface area contributed by atoms with Gasteiger partial charge in [-0.15, -0.1) is 0 Å². The summed E-state index contributed by atoms with van der Waals surface area (Å²) >= 11 is 0. The molecule has 1 heterocycles. The zero-order chi connectivity index (χ0) is 21.4. The van der Waals surface area contributed by atoms with Gasteiger partial charge in [-0.25, -0.2) is 8.42 Å². The van der Waals surface area contributed by atoms with Crippen molar-refractivity contribution in [3.05, 3.63) is 29.8 Å². The molecule has 1 aromatic rings. The summed E-state index contributed by atoms with van der Waals surface area (Å²) in [5.74, 6) is -0.191. The molecule has 0 unspecified atom stereocenters. The Morgan fingerprint density at radius 1 is 1.13 bits per heavy atom. The van der Waals surface area contributed by atoms with Crippen LogP contribution < -0.4 is 5.32 Å². The lowest BCUT2D eigenvalue weighted by Gasteiger charge is -2.30. The molecule has 2 aliphatic rings. The molecular formula is C22H31N3O4S. The van der Waals surface area contributed by atoms with E-state index in [9.17, 15) is 18.5 Å². The van der Waals surface area contributed by atoms with Crippen molar-refractivity contribution in [1.82, 2.24) is 9.62 Å². The minimum absolute atomic E-state index is 0.0119. The highest BCUT2D eigenvalue weighted by atomic mass is 32.2. The molecule has 8 heteroatoms. The number of rotatable bonds is 8. The van der Waals surface area contributed by atoms with Crippen molar-refractivity contribution in [3.8, 4) is 6.07 Å². The maximum Gasteiger partial charge on any atom is 0.244 e. The molecule has 164 valence electrons. The van der Waals surface area contributed by atoms with E-state index < -0.39 is 10.0 Å². The largest absolute Gasteiger partial charge is 0.378 e. The van der Waals surface area contributed by atoms with Crippen molar-refractivity contribution >= 4 is 15.9 Å². The number of piperidine rings is 1. The number of benzene rings is 1. The molecule has 1 amide bonds. The van der Waals surface area contributed by atoms with Crippen LogP contribution in [0.15, 0.2) is 29.2 Å². The average molecular weight is 434 g/mol. The van der Waals surface area contributed by atoms with Crippen molar-refractivity contribution in [3.63, 3.8) is 0 Å². The zero-order valence-electron chi connectivity index (χ0n) is 17.4. The van der Waals surface area contributed by atoms with E-state index >= 15 is 0 Å². The first kappa shape index (κ1) is 22.7. The molecule has 0 aromatic heterocycles. The summed E-state index contributed by atoms with van der Waals surface area (Å²) < 4.78 is 33.0. The Hall–Kier alpha value is -1.95. The van der Waals surface area contributed by atoms with Gasteiger partial charge >= 0.3 is 0 Å². The standard InChI is InChI=1S/C22H31N3O4S/c23-17-19-7-4-5-10-21(19)30(27,28)25-14-11-18(12-15-25)22(26)24-13-6-16-29-20-8-2-1-3-9-20/h4-5,7,10,18,20H,1-3,6,8-9,11-16H2,(H,24,26). The van der Waals surface area contributed by atoms with Crippen molar-refractivity contribution in [1.29, 1.82) is 5.26 Å². The van der Waals surface area contributed by atoms with Crippen LogP contribution in [0.1, 0.15) is 56.9 Å². The lowest BCUT2D eigenvalue weighted by atomic mass is 9.97.